The Morgan fingerprint density at radius 1 is 1.12 bits per heavy atom. The summed E-state index contributed by atoms with van der Waals surface area (Å²) in [6.07, 6.45) is 9.95. The first-order valence-electron chi connectivity index (χ1n) is 18.5. The van der Waals surface area contributed by atoms with Crippen molar-refractivity contribution in [3.63, 3.8) is 0 Å². The molecule has 272 valence electrons. The number of rotatable bonds is 4. The van der Waals surface area contributed by atoms with Crippen LogP contribution in [0.25, 0.3) is 0 Å². The lowest BCUT2D eigenvalue weighted by atomic mass is 9.68. The average Bonchev–Trinajstić information content (AvgIpc) is 3.23. The largest absolute Gasteiger partial charge is 0.490 e. The van der Waals surface area contributed by atoms with E-state index in [2.05, 4.69) is 45.7 Å². The fourth-order valence-electron chi connectivity index (χ4n) is 8.72. The third kappa shape index (κ3) is 7.33. The van der Waals surface area contributed by atoms with E-state index in [0.29, 0.717) is 48.8 Å². The summed E-state index contributed by atoms with van der Waals surface area (Å²) in [6, 6.07) is 12.0. The number of aryl methyl sites for hydroxylation is 1. The molecule has 1 spiro atoms. The lowest BCUT2D eigenvalue weighted by Crippen LogP contribution is -2.50. The monoisotopic (exact) mass is 725 g/mol. The number of nitrogens with one attached hydrogen (secondary N) is 1. The Bertz CT molecular complexity index is 1700. The van der Waals surface area contributed by atoms with E-state index in [1.165, 1.54) is 11.1 Å². The highest BCUT2D eigenvalue weighted by Crippen LogP contribution is 2.47. The minimum atomic E-state index is -3.93. The van der Waals surface area contributed by atoms with E-state index in [0.717, 1.165) is 82.2 Å². The van der Waals surface area contributed by atoms with Gasteiger partial charge < -0.3 is 19.1 Å². The van der Waals surface area contributed by atoms with Crippen molar-refractivity contribution in [3.05, 3.63) is 70.3 Å². The molecular formula is C39H52ClN3O6S. The Labute approximate surface area is 302 Å². The van der Waals surface area contributed by atoms with Crippen LogP contribution < -0.4 is 14.4 Å². The number of ether oxygens (including phenoxy) is 3. The van der Waals surface area contributed by atoms with Crippen molar-refractivity contribution in [2.45, 2.75) is 82.1 Å². The number of allylic oxidation sites excluding steroid dienone is 1. The molecular weight excluding hydrogens is 674 g/mol. The Morgan fingerprint density at radius 3 is 2.78 bits per heavy atom. The van der Waals surface area contributed by atoms with Crippen LogP contribution in [0.15, 0.2) is 48.6 Å². The van der Waals surface area contributed by atoms with Gasteiger partial charge in [-0.2, -0.15) is 0 Å². The highest BCUT2D eigenvalue weighted by atomic mass is 35.5. The van der Waals surface area contributed by atoms with Crippen molar-refractivity contribution < 1.29 is 27.4 Å². The van der Waals surface area contributed by atoms with Crippen molar-refractivity contribution in [2.75, 3.05) is 57.5 Å². The minimum absolute atomic E-state index is 0.0719. The van der Waals surface area contributed by atoms with Crippen molar-refractivity contribution in [3.8, 4) is 5.75 Å². The Kier molecular flexibility index (Phi) is 10.6. The zero-order chi connectivity index (χ0) is 35.0. The standard InChI is InChI=1S/C39H52ClN3O6S/c1-26-6-4-8-36(48-19-17-42-16-18-47-23-27(42)2)33-12-9-31(33)22-43-24-39(15-5-7-29-20-32(40)11-13-34(29)39)25-49-37-14-10-30(21-35(37)43)38(44)41-50(45,46)28(26)3/h4,8,10-11,13-14,20-21,26-28,31,33,36H,5-7,9,12,15-19,22-25H2,1-3H3,(H,41,44)/b8-4+/t26?,27-,28?,31-,33+,36?,39-/m0/s1. The molecule has 3 heterocycles. The van der Waals surface area contributed by atoms with Gasteiger partial charge in [-0.1, -0.05) is 36.7 Å². The molecule has 3 aliphatic heterocycles. The summed E-state index contributed by atoms with van der Waals surface area (Å²) in [5, 5.41) is -0.0135. The van der Waals surface area contributed by atoms with Gasteiger partial charge in [0.25, 0.3) is 5.91 Å². The van der Waals surface area contributed by atoms with E-state index in [-0.39, 0.29) is 17.4 Å². The number of benzene rings is 2. The molecule has 7 rings (SSSR count). The predicted molar refractivity (Wildman–Crippen MR) is 197 cm³/mol. The Balaban J connectivity index is 1.23. The predicted octanol–water partition coefficient (Wildman–Crippen LogP) is 5.99. The van der Waals surface area contributed by atoms with Crippen LogP contribution in [0.2, 0.25) is 5.02 Å². The molecule has 11 heteroatoms. The van der Waals surface area contributed by atoms with Crippen molar-refractivity contribution in [1.82, 2.24) is 9.62 Å². The lowest BCUT2D eigenvalue weighted by Gasteiger charge is -2.46. The van der Waals surface area contributed by atoms with E-state index in [9.17, 15) is 13.2 Å². The second kappa shape index (κ2) is 14.8. The Morgan fingerprint density at radius 2 is 1.98 bits per heavy atom. The number of halogens is 1. The van der Waals surface area contributed by atoms with E-state index in [1.807, 2.05) is 25.1 Å². The normalized spacial score (nSPS) is 33.6. The smallest absolute Gasteiger partial charge is 0.264 e. The number of sulfonamides is 1. The summed E-state index contributed by atoms with van der Waals surface area (Å²) in [6.45, 7) is 11.7. The van der Waals surface area contributed by atoms with E-state index in [4.69, 9.17) is 25.8 Å². The van der Waals surface area contributed by atoms with Crippen LogP contribution in [0.3, 0.4) is 0 Å². The molecule has 0 aromatic heterocycles. The fourth-order valence-corrected chi connectivity index (χ4v) is 10.2. The molecule has 50 heavy (non-hydrogen) atoms. The molecule has 2 bridgehead atoms. The molecule has 2 fully saturated rings. The van der Waals surface area contributed by atoms with Crippen molar-refractivity contribution in [1.29, 1.82) is 0 Å². The van der Waals surface area contributed by atoms with Crippen LogP contribution in [0.5, 0.6) is 5.75 Å². The van der Waals surface area contributed by atoms with E-state index in [1.54, 1.807) is 13.0 Å². The highest BCUT2D eigenvalue weighted by molar-refractivity contribution is 7.90. The average molecular weight is 726 g/mol. The highest BCUT2D eigenvalue weighted by Gasteiger charge is 2.44. The summed E-state index contributed by atoms with van der Waals surface area (Å²) < 4.78 is 48.3. The summed E-state index contributed by atoms with van der Waals surface area (Å²) >= 11 is 6.47. The van der Waals surface area contributed by atoms with Crippen LogP contribution >= 0.6 is 11.6 Å². The van der Waals surface area contributed by atoms with Gasteiger partial charge in [0.2, 0.25) is 10.0 Å². The SMILES string of the molecule is CC1C/C=C/C(OCCN2CCOC[C@@H]2C)[C@@H]2CC[C@H]2CN2C[C@@]3(CCCc4cc(Cl)ccc43)COc3ccc(cc32)C(=O)NS(=O)(=O)C1C. The number of amides is 1. The first kappa shape index (κ1) is 35.8. The van der Waals surface area contributed by atoms with Crippen molar-refractivity contribution in [2.24, 2.45) is 17.8 Å². The van der Waals surface area contributed by atoms with Gasteiger partial charge in [-0.15, -0.1) is 0 Å². The molecule has 1 N–H and O–H groups in total. The van der Waals surface area contributed by atoms with Gasteiger partial charge >= 0.3 is 0 Å². The van der Waals surface area contributed by atoms with E-state index < -0.39 is 21.2 Å². The summed E-state index contributed by atoms with van der Waals surface area (Å²) in [5.41, 5.74) is 3.45. The maximum absolute atomic E-state index is 13.5. The molecule has 1 saturated heterocycles. The second-order valence-corrected chi connectivity index (χ2v) is 17.9. The molecule has 2 aromatic carbocycles. The lowest BCUT2D eigenvalue weighted by molar-refractivity contribution is -0.0442. The minimum Gasteiger partial charge on any atom is -0.490 e. The first-order chi connectivity index (χ1) is 24.0. The molecule has 9 nitrogen and oxygen atoms in total. The molecule has 3 unspecified atom stereocenters. The third-order valence-corrected chi connectivity index (χ3v) is 14.4. The maximum atomic E-state index is 13.5. The molecule has 2 aliphatic carbocycles. The van der Waals surface area contributed by atoms with Gasteiger partial charge in [-0.05, 0) is 112 Å². The summed E-state index contributed by atoms with van der Waals surface area (Å²) in [4.78, 5) is 18.4. The number of hydrogen-bond donors (Lipinski definition) is 1. The molecule has 7 atom stereocenters. The van der Waals surface area contributed by atoms with Crippen molar-refractivity contribution >= 4 is 33.2 Å². The van der Waals surface area contributed by atoms with Crippen LogP contribution in [-0.2, 0) is 31.3 Å². The molecule has 5 aliphatic rings. The molecule has 2 aromatic rings. The topological polar surface area (TPSA) is 97.4 Å². The van der Waals surface area contributed by atoms with Gasteiger partial charge in [0.1, 0.15) is 5.75 Å². The molecule has 1 amide bonds. The third-order valence-electron chi connectivity index (χ3n) is 12.2. The van der Waals surface area contributed by atoms with Crippen LogP contribution in [0.4, 0.5) is 5.69 Å². The second-order valence-electron chi connectivity index (χ2n) is 15.4. The quantitative estimate of drug-likeness (QED) is 0.385. The number of anilines is 1. The Hall–Kier alpha value is -2.63. The van der Waals surface area contributed by atoms with Gasteiger partial charge in [0, 0.05) is 48.2 Å². The number of nitrogens with zero attached hydrogens (tertiary/aromatic N) is 2. The van der Waals surface area contributed by atoms with Crippen LogP contribution in [0.1, 0.15) is 74.4 Å². The molecule has 0 radical (unpaired) electrons. The van der Waals surface area contributed by atoms with E-state index >= 15 is 0 Å². The summed E-state index contributed by atoms with van der Waals surface area (Å²) in [7, 11) is -3.93. The van der Waals surface area contributed by atoms with Gasteiger partial charge in [-0.25, -0.2) is 13.1 Å². The fraction of sp³-hybridized carbons (Fsp3) is 0.615. The van der Waals surface area contributed by atoms with Gasteiger partial charge in [0.05, 0.1) is 43.5 Å². The zero-order valence-electron chi connectivity index (χ0n) is 29.6. The first-order valence-corrected chi connectivity index (χ1v) is 20.4. The van der Waals surface area contributed by atoms with Gasteiger partial charge in [0.15, 0.2) is 0 Å². The number of carbonyl (C=O) groups is 1. The van der Waals surface area contributed by atoms with Crippen LogP contribution in [-0.4, -0.2) is 89.2 Å². The number of carbonyl (C=O) groups excluding carboxylic acids is 1. The maximum Gasteiger partial charge on any atom is 0.264 e. The number of hydrogen-bond acceptors (Lipinski definition) is 8. The zero-order valence-corrected chi connectivity index (χ0v) is 31.2. The summed E-state index contributed by atoms with van der Waals surface area (Å²) in [5.74, 6) is 0.608. The molecule has 1 saturated carbocycles. The van der Waals surface area contributed by atoms with Crippen LogP contribution in [0, 0.1) is 17.8 Å². The number of morpholine rings is 1. The number of fused-ring (bicyclic) bond motifs is 4. The van der Waals surface area contributed by atoms with Gasteiger partial charge in [-0.3, -0.25) is 9.69 Å².